The third-order valence-corrected chi connectivity index (χ3v) is 2.27. The van der Waals surface area contributed by atoms with E-state index in [-0.39, 0.29) is 22.3 Å². The highest BCUT2D eigenvalue weighted by Crippen LogP contribution is 2.25. The lowest BCUT2D eigenvalue weighted by Gasteiger charge is -2.06. The van der Waals surface area contributed by atoms with Crippen molar-refractivity contribution < 1.29 is 9.13 Å². The van der Waals surface area contributed by atoms with E-state index in [4.69, 9.17) is 27.3 Å². The molecular weight excluding hydrogens is 257 g/mol. The summed E-state index contributed by atoms with van der Waals surface area (Å²) < 4.78 is 18.6. The molecule has 1 heterocycles. The van der Waals surface area contributed by atoms with Crippen LogP contribution in [0, 0.1) is 17.1 Å². The van der Waals surface area contributed by atoms with Gasteiger partial charge < -0.3 is 10.5 Å². The minimum Gasteiger partial charge on any atom is -0.439 e. The average molecular weight is 264 g/mol. The Labute approximate surface area is 107 Å². The van der Waals surface area contributed by atoms with E-state index in [9.17, 15) is 4.39 Å². The van der Waals surface area contributed by atoms with Crippen LogP contribution < -0.4 is 10.5 Å². The minimum absolute atomic E-state index is 0.0547. The van der Waals surface area contributed by atoms with E-state index < -0.39 is 5.82 Å². The van der Waals surface area contributed by atoms with Gasteiger partial charge in [-0.1, -0.05) is 11.6 Å². The fourth-order valence-corrected chi connectivity index (χ4v) is 1.52. The Kier molecular flexibility index (Phi) is 3.31. The normalized spacial score (nSPS) is 9.83. The van der Waals surface area contributed by atoms with Crippen molar-refractivity contribution in [2.24, 2.45) is 0 Å². The van der Waals surface area contributed by atoms with Gasteiger partial charge in [0.1, 0.15) is 22.8 Å². The standard InChI is InChI=1S/C12H7ClFN3O/c13-11-3-8(16)4-12(17-11)18-9-2-1-7(6-15)10(14)5-9/h1-5H,(H2,16,17). The molecule has 0 bridgehead atoms. The first-order valence-corrected chi connectivity index (χ1v) is 5.27. The summed E-state index contributed by atoms with van der Waals surface area (Å²) in [7, 11) is 0. The largest absolute Gasteiger partial charge is 0.439 e. The molecule has 0 amide bonds. The van der Waals surface area contributed by atoms with Crippen molar-refractivity contribution in [3.8, 4) is 17.7 Å². The summed E-state index contributed by atoms with van der Waals surface area (Å²) in [6.07, 6.45) is 0. The number of pyridine rings is 1. The zero-order chi connectivity index (χ0) is 13.1. The summed E-state index contributed by atoms with van der Waals surface area (Å²) in [5.41, 5.74) is 5.90. The maximum atomic E-state index is 13.3. The van der Waals surface area contributed by atoms with Crippen molar-refractivity contribution in [1.82, 2.24) is 4.98 Å². The lowest BCUT2D eigenvalue weighted by molar-refractivity contribution is 0.458. The van der Waals surface area contributed by atoms with Crippen LogP contribution in [0.5, 0.6) is 11.6 Å². The molecule has 0 aliphatic carbocycles. The Morgan fingerprint density at radius 1 is 1.33 bits per heavy atom. The minimum atomic E-state index is -0.662. The molecule has 0 aliphatic rings. The molecule has 2 rings (SSSR count). The summed E-state index contributed by atoms with van der Waals surface area (Å²) in [6.45, 7) is 0. The zero-order valence-corrected chi connectivity index (χ0v) is 9.78. The van der Waals surface area contributed by atoms with Gasteiger partial charge in [0.05, 0.1) is 5.56 Å². The van der Waals surface area contributed by atoms with Crippen LogP contribution in [-0.4, -0.2) is 4.98 Å². The molecule has 0 aliphatic heterocycles. The highest BCUT2D eigenvalue weighted by Gasteiger charge is 2.06. The summed E-state index contributed by atoms with van der Waals surface area (Å²) in [6, 6.07) is 8.51. The summed E-state index contributed by atoms with van der Waals surface area (Å²) in [5.74, 6) is -0.297. The van der Waals surface area contributed by atoms with E-state index in [1.54, 1.807) is 6.07 Å². The quantitative estimate of drug-likeness (QED) is 0.845. The molecule has 1 aromatic heterocycles. The number of nitrogens with two attached hydrogens (primary N) is 1. The van der Waals surface area contributed by atoms with Crippen molar-refractivity contribution in [2.75, 3.05) is 5.73 Å². The number of rotatable bonds is 2. The fraction of sp³-hybridized carbons (Fsp3) is 0. The van der Waals surface area contributed by atoms with Crippen LogP contribution in [0.15, 0.2) is 30.3 Å². The topological polar surface area (TPSA) is 71.9 Å². The Bertz CT molecular complexity index is 619. The van der Waals surface area contributed by atoms with E-state index in [0.717, 1.165) is 6.07 Å². The van der Waals surface area contributed by atoms with Crippen LogP contribution >= 0.6 is 11.6 Å². The van der Waals surface area contributed by atoms with Crippen LogP contribution in [-0.2, 0) is 0 Å². The SMILES string of the molecule is N#Cc1ccc(Oc2cc(N)cc(Cl)n2)cc1F. The molecule has 4 nitrogen and oxygen atoms in total. The molecule has 0 spiro atoms. The molecule has 2 aromatic rings. The highest BCUT2D eigenvalue weighted by atomic mass is 35.5. The first kappa shape index (κ1) is 12.1. The number of halogens is 2. The van der Waals surface area contributed by atoms with Gasteiger partial charge in [0.15, 0.2) is 0 Å². The number of aromatic nitrogens is 1. The van der Waals surface area contributed by atoms with Gasteiger partial charge in [-0.05, 0) is 18.2 Å². The number of nitrogens with zero attached hydrogens (tertiary/aromatic N) is 2. The molecular formula is C12H7ClFN3O. The van der Waals surface area contributed by atoms with Crippen LogP contribution in [0.25, 0.3) is 0 Å². The number of benzene rings is 1. The van der Waals surface area contributed by atoms with Crippen molar-refractivity contribution in [1.29, 1.82) is 5.26 Å². The fourth-order valence-electron chi connectivity index (χ4n) is 1.31. The molecule has 90 valence electrons. The first-order chi connectivity index (χ1) is 8.58. The Morgan fingerprint density at radius 3 is 2.72 bits per heavy atom. The van der Waals surface area contributed by atoms with Crippen molar-refractivity contribution in [3.63, 3.8) is 0 Å². The second kappa shape index (κ2) is 4.90. The van der Waals surface area contributed by atoms with Gasteiger partial charge in [0, 0.05) is 17.8 Å². The highest BCUT2D eigenvalue weighted by molar-refractivity contribution is 6.29. The number of hydrogen-bond acceptors (Lipinski definition) is 4. The van der Waals surface area contributed by atoms with Gasteiger partial charge in [-0.2, -0.15) is 5.26 Å². The average Bonchev–Trinajstić information content (AvgIpc) is 2.27. The second-order valence-corrected chi connectivity index (χ2v) is 3.80. The smallest absolute Gasteiger partial charge is 0.222 e. The summed E-state index contributed by atoms with van der Waals surface area (Å²) >= 11 is 5.71. The molecule has 0 saturated heterocycles. The van der Waals surface area contributed by atoms with Gasteiger partial charge >= 0.3 is 0 Å². The number of nitrogen functional groups attached to an aromatic ring is 1. The Balaban J connectivity index is 2.29. The molecule has 2 N–H and O–H groups in total. The Morgan fingerprint density at radius 2 is 2.11 bits per heavy atom. The van der Waals surface area contributed by atoms with E-state index >= 15 is 0 Å². The molecule has 1 aromatic carbocycles. The van der Waals surface area contributed by atoms with E-state index in [1.807, 2.05) is 0 Å². The summed E-state index contributed by atoms with van der Waals surface area (Å²) in [4.78, 5) is 3.88. The first-order valence-electron chi connectivity index (χ1n) is 4.89. The van der Waals surface area contributed by atoms with Crippen LogP contribution in [0.3, 0.4) is 0 Å². The third-order valence-electron chi connectivity index (χ3n) is 2.08. The van der Waals surface area contributed by atoms with Crippen molar-refractivity contribution >= 4 is 17.3 Å². The lowest BCUT2D eigenvalue weighted by Crippen LogP contribution is -1.93. The molecule has 0 unspecified atom stereocenters. The van der Waals surface area contributed by atoms with Gasteiger partial charge in [-0.3, -0.25) is 0 Å². The van der Waals surface area contributed by atoms with Crippen LogP contribution in [0.2, 0.25) is 5.15 Å². The number of nitriles is 1. The molecule has 6 heteroatoms. The van der Waals surface area contributed by atoms with E-state index in [0.29, 0.717) is 5.69 Å². The van der Waals surface area contributed by atoms with Crippen LogP contribution in [0.1, 0.15) is 5.56 Å². The van der Waals surface area contributed by atoms with E-state index in [2.05, 4.69) is 4.98 Å². The predicted octanol–water partition coefficient (Wildman–Crippen LogP) is 3.12. The lowest BCUT2D eigenvalue weighted by atomic mass is 10.2. The van der Waals surface area contributed by atoms with Crippen molar-refractivity contribution in [3.05, 3.63) is 46.9 Å². The molecule has 0 atom stereocenters. The number of anilines is 1. The molecule has 0 fully saturated rings. The monoisotopic (exact) mass is 263 g/mol. The number of ether oxygens (including phenoxy) is 1. The van der Waals surface area contributed by atoms with Gasteiger partial charge in [-0.25, -0.2) is 9.37 Å². The van der Waals surface area contributed by atoms with Crippen molar-refractivity contribution in [2.45, 2.75) is 0 Å². The second-order valence-electron chi connectivity index (χ2n) is 3.42. The van der Waals surface area contributed by atoms with E-state index in [1.165, 1.54) is 24.3 Å². The molecule has 18 heavy (non-hydrogen) atoms. The Hall–Kier alpha value is -2.32. The van der Waals surface area contributed by atoms with Gasteiger partial charge in [-0.15, -0.1) is 0 Å². The van der Waals surface area contributed by atoms with Gasteiger partial charge in [0.25, 0.3) is 0 Å². The number of hydrogen-bond donors (Lipinski definition) is 1. The molecule has 0 saturated carbocycles. The maximum absolute atomic E-state index is 13.3. The summed E-state index contributed by atoms with van der Waals surface area (Å²) in [5, 5.41) is 8.77. The van der Waals surface area contributed by atoms with Crippen LogP contribution in [0.4, 0.5) is 10.1 Å². The predicted molar refractivity (Wildman–Crippen MR) is 64.8 cm³/mol. The third kappa shape index (κ3) is 2.67. The zero-order valence-electron chi connectivity index (χ0n) is 9.02. The molecule has 0 radical (unpaired) electrons. The van der Waals surface area contributed by atoms with Gasteiger partial charge in [0.2, 0.25) is 5.88 Å². The maximum Gasteiger partial charge on any atom is 0.222 e.